The van der Waals surface area contributed by atoms with Gasteiger partial charge in [0.2, 0.25) is 0 Å². The molecule has 1 aromatic heterocycles. The molecule has 1 saturated carbocycles. The van der Waals surface area contributed by atoms with Gasteiger partial charge in [-0.25, -0.2) is 4.39 Å². The number of carbonyl (C=O) groups is 1. The van der Waals surface area contributed by atoms with Gasteiger partial charge in [0.1, 0.15) is 5.69 Å². The van der Waals surface area contributed by atoms with Gasteiger partial charge in [0.25, 0.3) is 5.91 Å². The van der Waals surface area contributed by atoms with Crippen LogP contribution >= 0.6 is 11.8 Å². The molecule has 2 aromatic carbocycles. The number of nitrogens with zero attached hydrogens (tertiary/aromatic N) is 4. The Morgan fingerprint density at radius 1 is 1.05 bits per heavy atom. The summed E-state index contributed by atoms with van der Waals surface area (Å²) in [5.41, 5.74) is -1.54. The van der Waals surface area contributed by atoms with Crippen molar-refractivity contribution in [1.82, 2.24) is 19.6 Å². The Morgan fingerprint density at radius 3 is 2.42 bits per heavy atom. The van der Waals surface area contributed by atoms with Crippen LogP contribution in [-0.4, -0.2) is 63.2 Å². The highest BCUT2D eigenvalue weighted by Crippen LogP contribution is 2.37. The van der Waals surface area contributed by atoms with Crippen LogP contribution in [0.1, 0.15) is 45.7 Å². The third-order valence-electron chi connectivity index (χ3n) is 6.80. The second-order valence-electron chi connectivity index (χ2n) is 9.70. The van der Waals surface area contributed by atoms with Crippen molar-refractivity contribution in [1.29, 1.82) is 0 Å². The number of hydrogen-bond acceptors (Lipinski definition) is 4. The standard InChI is InChI=1S/C28H28F4N4OS/c1-19-15-26(25(29)17-20-5-9-24(10-6-20)38-28(30,31)32)33-36(19)18-21-3-2-4-22(16-21)27(37)35-13-11-34(12-14-35)23-7-8-23/h2-6,9-10,15-17,23H,7-8,11-14,18H2,1H3. The molecule has 10 heteroatoms. The van der Waals surface area contributed by atoms with Crippen molar-refractivity contribution in [3.63, 3.8) is 0 Å². The molecule has 0 unspecified atom stereocenters. The Balaban J connectivity index is 1.24. The number of piperazine rings is 1. The lowest BCUT2D eigenvalue weighted by Gasteiger charge is -2.34. The maximum absolute atomic E-state index is 14.9. The molecule has 38 heavy (non-hydrogen) atoms. The minimum absolute atomic E-state index is 0.0220. The largest absolute Gasteiger partial charge is 0.446 e. The van der Waals surface area contributed by atoms with Gasteiger partial charge in [-0.1, -0.05) is 24.3 Å². The normalized spacial score (nSPS) is 17.2. The van der Waals surface area contributed by atoms with Gasteiger partial charge in [-0.15, -0.1) is 0 Å². The lowest BCUT2D eigenvalue weighted by atomic mass is 10.1. The van der Waals surface area contributed by atoms with E-state index in [-0.39, 0.29) is 28.3 Å². The summed E-state index contributed by atoms with van der Waals surface area (Å²) in [5.74, 6) is -0.564. The van der Waals surface area contributed by atoms with Gasteiger partial charge in [-0.3, -0.25) is 14.4 Å². The highest BCUT2D eigenvalue weighted by molar-refractivity contribution is 8.00. The van der Waals surface area contributed by atoms with Gasteiger partial charge in [0, 0.05) is 48.4 Å². The van der Waals surface area contributed by atoms with Crippen molar-refractivity contribution in [2.24, 2.45) is 0 Å². The summed E-state index contributed by atoms with van der Waals surface area (Å²) < 4.78 is 54.1. The van der Waals surface area contributed by atoms with Crippen LogP contribution in [0.4, 0.5) is 17.6 Å². The zero-order valence-electron chi connectivity index (χ0n) is 20.9. The summed E-state index contributed by atoms with van der Waals surface area (Å²) in [5, 5.41) is 4.38. The van der Waals surface area contributed by atoms with E-state index in [0.29, 0.717) is 23.7 Å². The number of hydrogen-bond donors (Lipinski definition) is 0. The molecule has 0 radical (unpaired) electrons. The number of benzene rings is 2. The van der Waals surface area contributed by atoms with Gasteiger partial charge < -0.3 is 4.90 Å². The highest BCUT2D eigenvalue weighted by Gasteiger charge is 2.32. The average molecular weight is 545 g/mol. The molecule has 1 amide bonds. The van der Waals surface area contributed by atoms with Gasteiger partial charge in [-0.2, -0.15) is 18.3 Å². The minimum Gasteiger partial charge on any atom is -0.336 e. The van der Waals surface area contributed by atoms with Crippen molar-refractivity contribution < 1.29 is 22.4 Å². The molecule has 3 aromatic rings. The van der Waals surface area contributed by atoms with Crippen LogP contribution in [-0.2, 0) is 6.54 Å². The third-order valence-corrected chi connectivity index (χ3v) is 7.54. The predicted octanol–water partition coefficient (Wildman–Crippen LogP) is 6.24. The van der Waals surface area contributed by atoms with Crippen molar-refractivity contribution in [2.45, 2.75) is 42.8 Å². The summed E-state index contributed by atoms with van der Waals surface area (Å²) in [7, 11) is 0. The van der Waals surface area contributed by atoms with Crippen LogP contribution < -0.4 is 0 Å². The number of carbonyl (C=O) groups excluding carboxylic acids is 1. The van der Waals surface area contributed by atoms with E-state index < -0.39 is 11.3 Å². The summed E-state index contributed by atoms with van der Waals surface area (Å²) in [6.45, 7) is 5.50. The van der Waals surface area contributed by atoms with E-state index in [4.69, 9.17) is 0 Å². The molecule has 2 fully saturated rings. The van der Waals surface area contributed by atoms with Gasteiger partial charge in [0.15, 0.2) is 5.83 Å². The highest BCUT2D eigenvalue weighted by atomic mass is 32.2. The van der Waals surface area contributed by atoms with Crippen LogP contribution in [0.5, 0.6) is 0 Å². The van der Waals surface area contributed by atoms with Gasteiger partial charge in [0.05, 0.1) is 6.54 Å². The Kier molecular flexibility index (Phi) is 7.63. The second-order valence-corrected chi connectivity index (χ2v) is 10.8. The molecular formula is C28H28F4N4OS. The fourth-order valence-electron chi connectivity index (χ4n) is 4.66. The number of halogens is 4. The topological polar surface area (TPSA) is 41.4 Å². The molecule has 2 heterocycles. The van der Waals surface area contributed by atoms with Crippen molar-refractivity contribution in [3.8, 4) is 0 Å². The first-order chi connectivity index (χ1) is 18.1. The van der Waals surface area contributed by atoms with E-state index in [1.54, 1.807) is 10.7 Å². The number of alkyl halides is 3. The average Bonchev–Trinajstić information content (AvgIpc) is 3.67. The fraction of sp³-hybridized carbons (Fsp3) is 0.357. The third kappa shape index (κ3) is 6.66. The smallest absolute Gasteiger partial charge is 0.336 e. The molecule has 200 valence electrons. The molecule has 0 N–H and O–H groups in total. The molecule has 0 bridgehead atoms. The molecule has 5 rings (SSSR count). The predicted molar refractivity (Wildman–Crippen MR) is 140 cm³/mol. The quantitative estimate of drug-likeness (QED) is 0.261. The first kappa shape index (κ1) is 26.5. The summed E-state index contributed by atoms with van der Waals surface area (Å²) >= 11 is -0.211. The van der Waals surface area contributed by atoms with E-state index >= 15 is 0 Å². The summed E-state index contributed by atoms with van der Waals surface area (Å²) in [6, 6.07) is 15.3. The molecule has 1 aliphatic carbocycles. The monoisotopic (exact) mass is 544 g/mol. The first-order valence-electron chi connectivity index (χ1n) is 12.5. The molecule has 0 spiro atoms. The maximum Gasteiger partial charge on any atom is 0.446 e. The molecule has 1 saturated heterocycles. The number of aryl methyl sites for hydroxylation is 1. The Morgan fingerprint density at radius 2 is 1.76 bits per heavy atom. The number of amides is 1. The van der Waals surface area contributed by atoms with Crippen LogP contribution in [0.3, 0.4) is 0 Å². The van der Waals surface area contributed by atoms with Crippen molar-refractivity contribution in [3.05, 3.63) is 82.7 Å². The van der Waals surface area contributed by atoms with E-state index in [1.165, 1.54) is 43.2 Å². The SMILES string of the molecule is Cc1cc(C(F)=Cc2ccc(SC(F)(F)F)cc2)nn1Cc1cccc(C(=O)N2CCN(C3CC3)CC2)c1. The minimum atomic E-state index is -4.37. The second kappa shape index (κ2) is 10.9. The van der Waals surface area contributed by atoms with Crippen LogP contribution in [0.15, 0.2) is 59.5 Å². The zero-order valence-corrected chi connectivity index (χ0v) is 21.7. The molecule has 5 nitrogen and oxygen atoms in total. The molecule has 0 atom stereocenters. The van der Waals surface area contributed by atoms with Crippen LogP contribution in [0.2, 0.25) is 0 Å². The van der Waals surface area contributed by atoms with E-state index in [9.17, 15) is 22.4 Å². The Hall–Kier alpha value is -3.11. The number of thioether (sulfide) groups is 1. The Bertz CT molecular complexity index is 1320. The van der Waals surface area contributed by atoms with Crippen LogP contribution in [0, 0.1) is 6.92 Å². The Labute approximate surface area is 223 Å². The zero-order chi connectivity index (χ0) is 26.9. The fourth-order valence-corrected chi connectivity index (χ4v) is 5.20. The van der Waals surface area contributed by atoms with Gasteiger partial charge in [-0.05, 0) is 79.1 Å². The molecular weight excluding hydrogens is 516 g/mol. The van der Waals surface area contributed by atoms with Crippen LogP contribution in [0.25, 0.3) is 11.9 Å². The maximum atomic E-state index is 14.9. The van der Waals surface area contributed by atoms with Crippen molar-refractivity contribution >= 4 is 29.6 Å². The lowest BCUT2D eigenvalue weighted by molar-refractivity contribution is -0.0328. The first-order valence-corrected chi connectivity index (χ1v) is 13.4. The van der Waals surface area contributed by atoms with E-state index in [2.05, 4.69) is 10.00 Å². The summed E-state index contributed by atoms with van der Waals surface area (Å²) in [4.78, 5) is 17.5. The number of aromatic nitrogens is 2. The summed E-state index contributed by atoms with van der Waals surface area (Å²) in [6.07, 6.45) is 3.78. The lowest BCUT2D eigenvalue weighted by Crippen LogP contribution is -2.49. The van der Waals surface area contributed by atoms with Gasteiger partial charge >= 0.3 is 5.51 Å². The molecule has 2 aliphatic rings. The van der Waals surface area contributed by atoms with E-state index in [1.807, 2.05) is 36.1 Å². The van der Waals surface area contributed by atoms with Crippen molar-refractivity contribution in [2.75, 3.05) is 26.2 Å². The van der Waals surface area contributed by atoms with E-state index in [0.717, 1.165) is 37.4 Å². The molecule has 1 aliphatic heterocycles. The number of rotatable bonds is 7.